The average Bonchev–Trinajstić information content (AvgIpc) is 3.31. The van der Waals surface area contributed by atoms with Crippen molar-refractivity contribution < 1.29 is 4.42 Å². The van der Waals surface area contributed by atoms with Crippen molar-refractivity contribution in [2.45, 2.75) is 0 Å². The van der Waals surface area contributed by atoms with E-state index in [1.54, 1.807) is 0 Å². The number of nitrogens with zero attached hydrogens (tertiary/aromatic N) is 3. The van der Waals surface area contributed by atoms with Crippen molar-refractivity contribution in [2.75, 3.05) is 0 Å². The summed E-state index contributed by atoms with van der Waals surface area (Å²) in [5.74, 6) is 1.05. The SMILES string of the molecule is Clc1nc(-c2ccccc2)nc(-c2cccc3oc4ccc(-c5cccc6ccccc56)cc4c23)n1. The Labute approximate surface area is 211 Å². The van der Waals surface area contributed by atoms with Gasteiger partial charge in [-0.2, -0.15) is 9.97 Å². The Morgan fingerprint density at radius 2 is 1.28 bits per heavy atom. The molecule has 0 aliphatic carbocycles. The van der Waals surface area contributed by atoms with E-state index in [0.29, 0.717) is 11.6 Å². The van der Waals surface area contributed by atoms with Crippen molar-refractivity contribution in [1.82, 2.24) is 15.0 Å². The van der Waals surface area contributed by atoms with Gasteiger partial charge in [-0.05, 0) is 51.7 Å². The second kappa shape index (κ2) is 8.29. The van der Waals surface area contributed by atoms with E-state index in [4.69, 9.17) is 21.0 Å². The maximum atomic E-state index is 6.37. The molecule has 0 amide bonds. The summed E-state index contributed by atoms with van der Waals surface area (Å²) >= 11 is 6.37. The number of hydrogen-bond donors (Lipinski definition) is 0. The lowest BCUT2D eigenvalue weighted by atomic mass is 9.96. The van der Waals surface area contributed by atoms with Crippen molar-refractivity contribution in [3.8, 4) is 33.9 Å². The molecule has 0 bridgehead atoms. The zero-order valence-electron chi connectivity index (χ0n) is 19.0. The van der Waals surface area contributed by atoms with Crippen molar-refractivity contribution in [3.63, 3.8) is 0 Å². The molecule has 0 saturated carbocycles. The van der Waals surface area contributed by atoms with Crippen molar-refractivity contribution >= 4 is 44.3 Å². The van der Waals surface area contributed by atoms with Crippen LogP contribution in [0, 0.1) is 0 Å². The Kier molecular flexibility index (Phi) is 4.79. The fourth-order valence-corrected chi connectivity index (χ4v) is 5.00. The highest BCUT2D eigenvalue weighted by Gasteiger charge is 2.17. The molecule has 7 aromatic rings. The zero-order valence-corrected chi connectivity index (χ0v) is 19.8. The Morgan fingerprint density at radius 1 is 0.528 bits per heavy atom. The summed E-state index contributed by atoms with van der Waals surface area (Å²) in [5, 5.41) is 4.53. The highest BCUT2D eigenvalue weighted by atomic mass is 35.5. The molecular weight excluding hydrogens is 466 g/mol. The number of rotatable bonds is 3. The Morgan fingerprint density at radius 3 is 2.19 bits per heavy atom. The Balaban J connectivity index is 1.47. The van der Waals surface area contributed by atoms with E-state index in [9.17, 15) is 0 Å². The number of furan rings is 1. The molecule has 5 aromatic carbocycles. The molecule has 7 rings (SSSR count). The van der Waals surface area contributed by atoms with Gasteiger partial charge in [-0.1, -0.05) is 91.0 Å². The van der Waals surface area contributed by atoms with Crippen LogP contribution in [0.15, 0.2) is 114 Å². The fourth-order valence-electron chi connectivity index (χ4n) is 4.84. The molecule has 0 saturated heterocycles. The second-order valence-electron chi connectivity index (χ2n) is 8.64. The molecule has 0 aliphatic heterocycles. The van der Waals surface area contributed by atoms with Gasteiger partial charge in [0.15, 0.2) is 11.6 Å². The van der Waals surface area contributed by atoms with E-state index in [2.05, 4.69) is 64.6 Å². The first-order valence-electron chi connectivity index (χ1n) is 11.7. The van der Waals surface area contributed by atoms with Crippen LogP contribution in [-0.4, -0.2) is 15.0 Å². The lowest BCUT2D eigenvalue weighted by Crippen LogP contribution is -1.97. The molecule has 0 aliphatic rings. The van der Waals surface area contributed by atoms with Crippen LogP contribution < -0.4 is 0 Å². The molecule has 2 heterocycles. The third-order valence-electron chi connectivity index (χ3n) is 6.48. The molecular formula is C31H18ClN3O. The summed E-state index contributed by atoms with van der Waals surface area (Å²) < 4.78 is 6.23. The third-order valence-corrected chi connectivity index (χ3v) is 6.65. The normalized spacial score (nSPS) is 11.5. The predicted octanol–water partition coefficient (Wildman–Crippen LogP) is 8.58. The molecule has 0 unspecified atom stereocenters. The van der Waals surface area contributed by atoms with Crippen molar-refractivity contribution in [1.29, 1.82) is 0 Å². The monoisotopic (exact) mass is 483 g/mol. The number of benzene rings is 5. The van der Waals surface area contributed by atoms with E-state index < -0.39 is 0 Å². The summed E-state index contributed by atoms with van der Waals surface area (Å²) in [6.07, 6.45) is 0. The van der Waals surface area contributed by atoms with Crippen LogP contribution in [0.3, 0.4) is 0 Å². The van der Waals surface area contributed by atoms with Crippen LogP contribution >= 0.6 is 11.6 Å². The van der Waals surface area contributed by atoms with Crippen molar-refractivity contribution in [2.24, 2.45) is 0 Å². The smallest absolute Gasteiger partial charge is 0.226 e. The third kappa shape index (κ3) is 3.43. The molecule has 0 radical (unpaired) electrons. The summed E-state index contributed by atoms with van der Waals surface area (Å²) in [6, 6.07) is 36.9. The van der Waals surface area contributed by atoms with Gasteiger partial charge in [0.1, 0.15) is 11.2 Å². The van der Waals surface area contributed by atoms with Crippen LogP contribution in [-0.2, 0) is 0 Å². The lowest BCUT2D eigenvalue weighted by Gasteiger charge is -2.08. The maximum Gasteiger partial charge on any atom is 0.226 e. The fraction of sp³-hybridized carbons (Fsp3) is 0. The topological polar surface area (TPSA) is 51.8 Å². The van der Waals surface area contributed by atoms with Gasteiger partial charge in [-0.3, -0.25) is 0 Å². The second-order valence-corrected chi connectivity index (χ2v) is 8.97. The van der Waals surface area contributed by atoms with E-state index >= 15 is 0 Å². The molecule has 0 fully saturated rings. The minimum Gasteiger partial charge on any atom is -0.456 e. The Bertz CT molecular complexity index is 1910. The standard InChI is InChI=1S/C31H18ClN3O/c32-31-34-29(20-9-2-1-3-10-20)33-30(35-31)24-14-7-15-27-28(24)25-18-21(16-17-26(25)36-27)23-13-6-11-19-8-4-5-12-22(19)23/h1-18H. The van der Waals surface area contributed by atoms with E-state index in [-0.39, 0.29) is 5.28 Å². The molecule has 4 nitrogen and oxygen atoms in total. The van der Waals surface area contributed by atoms with Gasteiger partial charge >= 0.3 is 0 Å². The lowest BCUT2D eigenvalue weighted by molar-refractivity contribution is 0.669. The van der Waals surface area contributed by atoms with Crippen LogP contribution in [0.5, 0.6) is 0 Å². The van der Waals surface area contributed by atoms with Crippen LogP contribution in [0.4, 0.5) is 0 Å². The van der Waals surface area contributed by atoms with Gasteiger partial charge in [0.05, 0.1) is 0 Å². The van der Waals surface area contributed by atoms with Crippen LogP contribution in [0.25, 0.3) is 66.6 Å². The quantitative estimate of drug-likeness (QED) is 0.252. The van der Waals surface area contributed by atoms with E-state index in [0.717, 1.165) is 38.6 Å². The average molecular weight is 484 g/mol. The number of aromatic nitrogens is 3. The molecule has 0 atom stereocenters. The van der Waals surface area contributed by atoms with Gasteiger partial charge in [-0.25, -0.2) is 4.98 Å². The number of fused-ring (bicyclic) bond motifs is 4. The van der Waals surface area contributed by atoms with Gasteiger partial charge in [0.25, 0.3) is 0 Å². The summed E-state index contributed by atoms with van der Waals surface area (Å²) in [6.45, 7) is 0. The first-order chi connectivity index (χ1) is 17.7. The number of halogens is 1. The highest BCUT2D eigenvalue weighted by Crippen LogP contribution is 2.39. The van der Waals surface area contributed by atoms with Crippen LogP contribution in [0.2, 0.25) is 5.28 Å². The highest BCUT2D eigenvalue weighted by molar-refractivity contribution is 6.28. The first-order valence-corrected chi connectivity index (χ1v) is 12.0. The predicted molar refractivity (Wildman–Crippen MR) is 146 cm³/mol. The minimum atomic E-state index is 0.153. The largest absolute Gasteiger partial charge is 0.456 e. The molecule has 2 aromatic heterocycles. The van der Waals surface area contributed by atoms with E-state index in [1.807, 2.05) is 54.6 Å². The summed E-state index contributed by atoms with van der Waals surface area (Å²) in [7, 11) is 0. The van der Waals surface area contributed by atoms with Gasteiger partial charge < -0.3 is 4.42 Å². The molecule has 0 spiro atoms. The number of hydrogen-bond acceptors (Lipinski definition) is 4. The molecule has 36 heavy (non-hydrogen) atoms. The summed E-state index contributed by atoms with van der Waals surface area (Å²) in [4.78, 5) is 13.6. The first kappa shape index (κ1) is 20.8. The Hall–Kier alpha value is -4.54. The van der Waals surface area contributed by atoms with Gasteiger partial charge in [0, 0.05) is 21.9 Å². The summed E-state index contributed by atoms with van der Waals surface area (Å²) in [5.41, 5.74) is 5.61. The molecule has 5 heteroatoms. The van der Waals surface area contributed by atoms with Crippen LogP contribution in [0.1, 0.15) is 0 Å². The zero-order chi connectivity index (χ0) is 24.1. The van der Waals surface area contributed by atoms with E-state index in [1.165, 1.54) is 16.3 Å². The van der Waals surface area contributed by atoms with Crippen molar-refractivity contribution in [3.05, 3.63) is 114 Å². The van der Waals surface area contributed by atoms with Gasteiger partial charge in [-0.15, -0.1) is 0 Å². The molecule has 170 valence electrons. The van der Waals surface area contributed by atoms with Gasteiger partial charge in [0.2, 0.25) is 5.28 Å². The maximum absolute atomic E-state index is 6.37. The molecule has 0 N–H and O–H groups in total. The minimum absolute atomic E-state index is 0.153.